The van der Waals surface area contributed by atoms with Gasteiger partial charge in [-0.1, -0.05) is 4.49 Å². The molecule has 0 spiro atoms. The smallest absolute Gasteiger partial charge is 0.259 e. The lowest BCUT2D eigenvalue weighted by Crippen LogP contribution is -2.20. The predicted octanol–water partition coefficient (Wildman–Crippen LogP) is 2.00. The van der Waals surface area contributed by atoms with Crippen LogP contribution in [0.2, 0.25) is 0 Å². The van der Waals surface area contributed by atoms with E-state index in [0.29, 0.717) is 6.54 Å². The van der Waals surface area contributed by atoms with Crippen molar-refractivity contribution in [3.8, 4) is 0 Å². The molecule has 0 aliphatic rings. The lowest BCUT2D eigenvalue weighted by molar-refractivity contribution is 0.744. The van der Waals surface area contributed by atoms with Crippen LogP contribution in [-0.2, 0) is 6.54 Å². The van der Waals surface area contributed by atoms with E-state index in [4.69, 9.17) is 0 Å². The number of aromatic nitrogens is 3. The number of rotatable bonds is 3. The van der Waals surface area contributed by atoms with E-state index in [0.717, 1.165) is 20.8 Å². The van der Waals surface area contributed by atoms with Crippen molar-refractivity contribution in [3.05, 3.63) is 39.8 Å². The average Bonchev–Trinajstić information content (AvgIpc) is 3.01. The lowest BCUT2D eigenvalue weighted by atomic mass is 10.3. The minimum atomic E-state index is 0.0174. The predicted molar refractivity (Wildman–Crippen MR) is 74.6 cm³/mol. The van der Waals surface area contributed by atoms with Gasteiger partial charge in [0.2, 0.25) is 0 Å². The van der Waals surface area contributed by atoms with Crippen LogP contribution >= 0.6 is 22.9 Å². The highest BCUT2D eigenvalue weighted by atomic mass is 32.1. The summed E-state index contributed by atoms with van der Waals surface area (Å²) in [5, 5.41) is 10.7. The maximum atomic E-state index is 12.2. The quantitative estimate of drug-likeness (QED) is 0.796. The number of hydrogen-bond donors (Lipinski definition) is 1. The molecule has 0 radical (unpaired) electrons. The Bertz CT molecular complexity index is 743. The van der Waals surface area contributed by atoms with E-state index in [9.17, 15) is 4.79 Å². The summed E-state index contributed by atoms with van der Waals surface area (Å²) in [4.78, 5) is 12.2. The molecule has 0 bridgehead atoms. The van der Waals surface area contributed by atoms with Gasteiger partial charge < -0.3 is 9.88 Å². The minimum absolute atomic E-state index is 0.0174. The third-order valence-electron chi connectivity index (χ3n) is 2.70. The first-order valence-corrected chi connectivity index (χ1v) is 7.00. The molecule has 0 fully saturated rings. The fraction of sp³-hybridized carbons (Fsp3) is 0.182. The van der Waals surface area contributed by atoms with Crippen LogP contribution in [0.25, 0.3) is 10.1 Å². The summed E-state index contributed by atoms with van der Waals surface area (Å²) in [6, 6.07) is 3.82. The van der Waals surface area contributed by atoms with Crippen LogP contribution < -0.4 is 10.9 Å². The highest BCUT2D eigenvalue weighted by Gasteiger charge is 2.09. The third-order valence-corrected chi connectivity index (χ3v) is 4.36. The second-order valence-electron chi connectivity index (χ2n) is 3.75. The molecule has 0 saturated carbocycles. The van der Waals surface area contributed by atoms with Gasteiger partial charge in [0, 0.05) is 29.5 Å². The molecule has 0 amide bonds. The Morgan fingerprint density at radius 1 is 1.44 bits per heavy atom. The first kappa shape index (κ1) is 11.4. The Hall–Kier alpha value is -1.73. The Kier molecular flexibility index (Phi) is 2.85. The van der Waals surface area contributed by atoms with Gasteiger partial charge in [0.1, 0.15) is 10.7 Å². The number of fused-ring (bicyclic) bond motifs is 1. The molecule has 7 heteroatoms. The van der Waals surface area contributed by atoms with Gasteiger partial charge in [-0.2, -0.15) is 0 Å². The SMILES string of the molecule is CNc1snnc1Cn1ccc2sccc2c1=O. The number of anilines is 1. The number of nitrogens with one attached hydrogen (secondary N) is 1. The molecule has 1 N–H and O–H groups in total. The molecule has 3 heterocycles. The molecule has 18 heavy (non-hydrogen) atoms. The number of thiophene rings is 1. The molecule has 92 valence electrons. The van der Waals surface area contributed by atoms with Crippen LogP contribution in [0, 0.1) is 0 Å². The monoisotopic (exact) mass is 278 g/mol. The van der Waals surface area contributed by atoms with Crippen LogP contribution in [0.1, 0.15) is 5.69 Å². The normalized spacial score (nSPS) is 10.9. The summed E-state index contributed by atoms with van der Waals surface area (Å²) in [5.41, 5.74) is 0.808. The van der Waals surface area contributed by atoms with Gasteiger partial charge in [0.05, 0.1) is 11.9 Å². The molecule has 0 aliphatic heterocycles. The van der Waals surface area contributed by atoms with Crippen LogP contribution in [-0.4, -0.2) is 21.2 Å². The van der Waals surface area contributed by atoms with Crippen LogP contribution in [0.4, 0.5) is 5.00 Å². The van der Waals surface area contributed by atoms with Gasteiger partial charge in [0.25, 0.3) is 5.56 Å². The maximum Gasteiger partial charge on any atom is 0.259 e. The van der Waals surface area contributed by atoms with Gasteiger partial charge >= 0.3 is 0 Å². The Labute approximate surface area is 111 Å². The molecule has 0 aromatic carbocycles. The molecule has 0 unspecified atom stereocenters. The molecule has 0 saturated heterocycles. The summed E-state index contributed by atoms with van der Waals surface area (Å²) in [5.74, 6) is 0. The first-order valence-electron chi connectivity index (χ1n) is 5.35. The zero-order chi connectivity index (χ0) is 12.5. The zero-order valence-electron chi connectivity index (χ0n) is 9.58. The number of nitrogens with zero attached hydrogens (tertiary/aromatic N) is 3. The summed E-state index contributed by atoms with van der Waals surface area (Å²) < 4.78 is 6.56. The molecule has 0 aliphatic carbocycles. The number of hydrogen-bond acceptors (Lipinski definition) is 6. The summed E-state index contributed by atoms with van der Waals surface area (Å²) >= 11 is 2.87. The summed E-state index contributed by atoms with van der Waals surface area (Å²) in [7, 11) is 1.82. The van der Waals surface area contributed by atoms with Crippen molar-refractivity contribution in [1.29, 1.82) is 0 Å². The molecule has 3 aromatic rings. The van der Waals surface area contributed by atoms with Crippen LogP contribution in [0.5, 0.6) is 0 Å². The Morgan fingerprint density at radius 3 is 3.17 bits per heavy atom. The van der Waals surface area contributed by atoms with Crippen molar-refractivity contribution < 1.29 is 0 Å². The highest BCUT2D eigenvalue weighted by Crippen LogP contribution is 2.19. The first-order chi connectivity index (χ1) is 8.79. The highest BCUT2D eigenvalue weighted by molar-refractivity contribution is 7.17. The lowest BCUT2D eigenvalue weighted by Gasteiger charge is -2.04. The van der Waals surface area contributed by atoms with Gasteiger partial charge in [-0.15, -0.1) is 16.4 Å². The second kappa shape index (κ2) is 4.51. The van der Waals surface area contributed by atoms with Crippen LogP contribution in [0.3, 0.4) is 0 Å². The van der Waals surface area contributed by atoms with E-state index in [2.05, 4.69) is 14.9 Å². The van der Waals surface area contributed by atoms with Crippen molar-refractivity contribution in [2.24, 2.45) is 0 Å². The van der Waals surface area contributed by atoms with E-state index in [1.54, 1.807) is 22.1 Å². The minimum Gasteiger partial charge on any atom is -0.377 e. The second-order valence-corrected chi connectivity index (χ2v) is 5.45. The van der Waals surface area contributed by atoms with E-state index in [1.807, 2.05) is 24.6 Å². The standard InChI is InChI=1S/C11H10N4OS2/c1-12-10-8(13-14-18-10)6-15-4-2-9-7(11(15)16)3-5-17-9/h2-5,12H,6H2,1H3. The Balaban J connectivity index is 2.05. The third kappa shape index (κ3) is 1.81. The van der Waals surface area contributed by atoms with Gasteiger partial charge in [0.15, 0.2) is 0 Å². The molecule has 5 nitrogen and oxygen atoms in total. The van der Waals surface area contributed by atoms with Crippen LogP contribution in [0.15, 0.2) is 28.5 Å². The van der Waals surface area contributed by atoms with Crippen molar-refractivity contribution in [3.63, 3.8) is 0 Å². The van der Waals surface area contributed by atoms with E-state index in [-0.39, 0.29) is 5.56 Å². The van der Waals surface area contributed by atoms with Gasteiger partial charge in [-0.3, -0.25) is 4.79 Å². The van der Waals surface area contributed by atoms with E-state index < -0.39 is 0 Å². The van der Waals surface area contributed by atoms with Crippen molar-refractivity contribution >= 4 is 38.0 Å². The van der Waals surface area contributed by atoms with Crippen molar-refractivity contribution in [2.45, 2.75) is 6.54 Å². The Morgan fingerprint density at radius 2 is 2.33 bits per heavy atom. The fourth-order valence-corrected chi connectivity index (χ4v) is 3.09. The van der Waals surface area contributed by atoms with Crippen molar-refractivity contribution in [2.75, 3.05) is 12.4 Å². The zero-order valence-corrected chi connectivity index (χ0v) is 11.2. The summed E-state index contributed by atoms with van der Waals surface area (Å²) in [6.07, 6.45) is 1.81. The maximum absolute atomic E-state index is 12.2. The molecular weight excluding hydrogens is 268 g/mol. The number of pyridine rings is 1. The molecule has 3 rings (SSSR count). The van der Waals surface area contributed by atoms with Crippen molar-refractivity contribution in [1.82, 2.24) is 14.2 Å². The van der Waals surface area contributed by atoms with E-state index in [1.165, 1.54) is 11.5 Å². The molecular formula is C11H10N4OS2. The molecule has 0 atom stereocenters. The van der Waals surface area contributed by atoms with Gasteiger partial charge in [-0.05, 0) is 17.5 Å². The van der Waals surface area contributed by atoms with E-state index >= 15 is 0 Å². The largest absolute Gasteiger partial charge is 0.377 e. The average molecular weight is 278 g/mol. The van der Waals surface area contributed by atoms with Gasteiger partial charge in [-0.25, -0.2) is 0 Å². The topological polar surface area (TPSA) is 59.8 Å². The fourth-order valence-electron chi connectivity index (χ4n) is 1.79. The molecule has 3 aromatic heterocycles. The summed E-state index contributed by atoms with van der Waals surface area (Å²) in [6.45, 7) is 0.442.